The molecule has 28 heavy (non-hydrogen) atoms. The Morgan fingerprint density at radius 3 is 1.54 bits per heavy atom. The van der Waals surface area contributed by atoms with Crippen molar-refractivity contribution in [3.63, 3.8) is 0 Å². The first-order chi connectivity index (χ1) is 13.7. The minimum atomic E-state index is 0.561. The number of hydrogen-bond donors (Lipinski definition) is 4. The molecule has 3 rings (SSSR count). The minimum absolute atomic E-state index is 0.561. The van der Waals surface area contributed by atoms with Crippen molar-refractivity contribution < 1.29 is 8.83 Å². The van der Waals surface area contributed by atoms with E-state index in [9.17, 15) is 0 Å². The van der Waals surface area contributed by atoms with Gasteiger partial charge in [-0.2, -0.15) is 0 Å². The molecule has 0 spiro atoms. The third-order valence-corrected chi connectivity index (χ3v) is 4.48. The number of hydrogen-bond acceptors (Lipinski definition) is 4. The van der Waals surface area contributed by atoms with Gasteiger partial charge in [0.1, 0.15) is 11.5 Å². The molecule has 0 aliphatic carbocycles. The maximum atomic E-state index is 5.30. The summed E-state index contributed by atoms with van der Waals surface area (Å²) in [6, 6.07) is 15.8. The largest absolute Gasteiger partial charge is 0.467 e. The second-order valence-corrected chi connectivity index (χ2v) is 6.87. The van der Waals surface area contributed by atoms with Crippen molar-refractivity contribution in [2.24, 2.45) is 0 Å². The van der Waals surface area contributed by atoms with E-state index in [0.717, 1.165) is 22.6 Å². The molecule has 0 unspecified atom stereocenters. The Bertz CT molecular complexity index is 810. The molecule has 0 saturated carbocycles. The van der Waals surface area contributed by atoms with Gasteiger partial charge < -0.3 is 30.1 Å². The Morgan fingerprint density at radius 1 is 0.643 bits per heavy atom. The molecule has 0 atom stereocenters. The summed E-state index contributed by atoms with van der Waals surface area (Å²) in [6.07, 6.45) is 3.29. The second-order valence-electron chi connectivity index (χ2n) is 6.05. The van der Waals surface area contributed by atoms with Crippen LogP contribution in [0.25, 0.3) is 0 Å². The molecule has 1 aromatic carbocycles. The zero-order valence-electron chi connectivity index (χ0n) is 15.2. The van der Waals surface area contributed by atoms with Crippen LogP contribution in [0.5, 0.6) is 0 Å². The predicted molar refractivity (Wildman–Crippen MR) is 116 cm³/mol. The normalized spacial score (nSPS) is 10.3. The maximum Gasteiger partial charge on any atom is 0.166 e. The fourth-order valence-electron chi connectivity index (χ4n) is 2.50. The summed E-state index contributed by atoms with van der Waals surface area (Å²) in [5.41, 5.74) is 2.27. The van der Waals surface area contributed by atoms with Gasteiger partial charge in [0.15, 0.2) is 10.2 Å². The van der Waals surface area contributed by atoms with Crippen molar-refractivity contribution in [3.8, 4) is 0 Å². The third kappa shape index (κ3) is 6.71. The van der Waals surface area contributed by atoms with Crippen LogP contribution >= 0.6 is 24.4 Å². The van der Waals surface area contributed by atoms with E-state index in [2.05, 4.69) is 39.5 Å². The van der Waals surface area contributed by atoms with Crippen LogP contribution in [0.2, 0.25) is 0 Å². The lowest BCUT2D eigenvalue weighted by Gasteiger charge is -2.12. The van der Waals surface area contributed by atoms with Crippen molar-refractivity contribution in [2.45, 2.75) is 26.2 Å². The fraction of sp³-hybridized carbons (Fsp3) is 0.200. The summed E-state index contributed by atoms with van der Waals surface area (Å²) in [5, 5.41) is 13.8. The molecule has 2 heterocycles. The van der Waals surface area contributed by atoms with Crippen molar-refractivity contribution in [1.29, 1.82) is 0 Å². The summed E-state index contributed by atoms with van der Waals surface area (Å²) in [5.74, 6) is 1.68. The molecule has 146 valence electrons. The highest BCUT2D eigenvalue weighted by molar-refractivity contribution is 7.80. The first-order valence-electron chi connectivity index (χ1n) is 8.85. The first-order valence-corrected chi connectivity index (χ1v) is 9.66. The number of thiocarbonyl (C=S) groups is 2. The Kier molecular flexibility index (Phi) is 7.45. The van der Waals surface area contributed by atoms with Gasteiger partial charge in [-0.15, -0.1) is 0 Å². The van der Waals surface area contributed by atoms with Crippen molar-refractivity contribution in [2.75, 3.05) is 0 Å². The van der Waals surface area contributed by atoms with Gasteiger partial charge in [0.05, 0.1) is 25.6 Å². The molecule has 0 saturated heterocycles. The number of rotatable bonds is 8. The Hall–Kier alpha value is -2.84. The lowest BCUT2D eigenvalue weighted by atomic mass is 10.1. The number of furan rings is 2. The Morgan fingerprint density at radius 2 is 1.11 bits per heavy atom. The molecule has 0 amide bonds. The predicted octanol–water partition coefficient (Wildman–Crippen LogP) is 3.20. The number of benzene rings is 1. The highest BCUT2D eigenvalue weighted by atomic mass is 32.1. The smallest absolute Gasteiger partial charge is 0.166 e. The quantitative estimate of drug-likeness (QED) is 0.419. The zero-order valence-corrected chi connectivity index (χ0v) is 16.9. The molecule has 3 aromatic rings. The van der Waals surface area contributed by atoms with Gasteiger partial charge in [0.2, 0.25) is 0 Å². The molecule has 6 nitrogen and oxygen atoms in total. The van der Waals surface area contributed by atoms with E-state index in [-0.39, 0.29) is 0 Å². The summed E-state index contributed by atoms with van der Waals surface area (Å²) >= 11 is 10.6. The van der Waals surface area contributed by atoms with Crippen molar-refractivity contribution >= 4 is 34.7 Å². The molecular formula is C20H22N4O2S2. The van der Waals surface area contributed by atoms with E-state index < -0.39 is 0 Å². The van der Waals surface area contributed by atoms with E-state index in [1.165, 1.54) is 0 Å². The monoisotopic (exact) mass is 414 g/mol. The van der Waals surface area contributed by atoms with Gasteiger partial charge in [-0.1, -0.05) is 24.3 Å². The summed E-state index contributed by atoms with van der Waals surface area (Å²) in [4.78, 5) is 0. The molecule has 0 bridgehead atoms. The molecule has 0 aliphatic rings. The van der Waals surface area contributed by atoms with Crippen LogP contribution in [0, 0.1) is 0 Å². The van der Waals surface area contributed by atoms with Crippen LogP contribution in [0.3, 0.4) is 0 Å². The standard InChI is InChI=1S/C20H22N4O2S2/c27-19(23-13-17-6-2-8-25-17)21-11-15-4-1-5-16(10-15)12-22-20(28)24-14-18-7-3-9-26-18/h1-10H,11-14H2,(H2,21,23,27)(H2,22,24,28). The van der Waals surface area contributed by atoms with Crippen LogP contribution in [0.1, 0.15) is 22.6 Å². The SMILES string of the molecule is S=C(NCc1cccc(CNC(=S)NCc2ccco2)c1)NCc1ccco1. The van der Waals surface area contributed by atoms with Crippen LogP contribution < -0.4 is 21.3 Å². The summed E-state index contributed by atoms with van der Waals surface area (Å²) < 4.78 is 10.5. The van der Waals surface area contributed by atoms with Crippen molar-refractivity contribution in [3.05, 3.63) is 83.7 Å². The van der Waals surface area contributed by atoms with Crippen LogP contribution in [0.4, 0.5) is 0 Å². The molecule has 0 fully saturated rings. The average molecular weight is 415 g/mol. The second kappa shape index (κ2) is 10.5. The number of nitrogens with one attached hydrogen (secondary N) is 4. The van der Waals surface area contributed by atoms with Crippen LogP contribution in [0.15, 0.2) is 69.9 Å². The third-order valence-electron chi connectivity index (χ3n) is 3.90. The van der Waals surface area contributed by atoms with Gasteiger partial charge in [-0.3, -0.25) is 0 Å². The van der Waals surface area contributed by atoms with Crippen LogP contribution in [-0.2, 0) is 26.2 Å². The maximum absolute atomic E-state index is 5.30. The molecule has 2 aromatic heterocycles. The van der Waals surface area contributed by atoms with E-state index in [1.54, 1.807) is 12.5 Å². The van der Waals surface area contributed by atoms with Gasteiger partial charge in [-0.05, 0) is 59.8 Å². The summed E-state index contributed by atoms with van der Waals surface area (Å²) in [7, 11) is 0. The van der Waals surface area contributed by atoms with Gasteiger partial charge in [0, 0.05) is 13.1 Å². The minimum Gasteiger partial charge on any atom is -0.467 e. The molecule has 8 heteroatoms. The lowest BCUT2D eigenvalue weighted by Crippen LogP contribution is -2.34. The van der Waals surface area contributed by atoms with E-state index in [1.807, 2.05) is 30.3 Å². The first kappa shape index (κ1) is 19.9. The summed E-state index contributed by atoms with van der Waals surface area (Å²) in [6.45, 7) is 2.40. The molecule has 4 N–H and O–H groups in total. The zero-order chi connectivity index (χ0) is 19.6. The van der Waals surface area contributed by atoms with E-state index >= 15 is 0 Å². The fourth-order valence-corrected chi connectivity index (χ4v) is 2.79. The Labute approximate surface area is 174 Å². The average Bonchev–Trinajstić information content (AvgIpc) is 3.42. The molecular weight excluding hydrogens is 392 g/mol. The highest BCUT2D eigenvalue weighted by Crippen LogP contribution is 2.05. The lowest BCUT2D eigenvalue weighted by molar-refractivity contribution is 0.502. The van der Waals surface area contributed by atoms with Gasteiger partial charge >= 0.3 is 0 Å². The van der Waals surface area contributed by atoms with E-state index in [0.29, 0.717) is 36.4 Å². The van der Waals surface area contributed by atoms with Crippen LogP contribution in [-0.4, -0.2) is 10.2 Å². The van der Waals surface area contributed by atoms with E-state index in [4.69, 9.17) is 33.3 Å². The van der Waals surface area contributed by atoms with Gasteiger partial charge in [-0.25, -0.2) is 0 Å². The molecule has 0 radical (unpaired) electrons. The Balaban J connectivity index is 1.38. The molecule has 0 aliphatic heterocycles. The van der Waals surface area contributed by atoms with Crippen molar-refractivity contribution in [1.82, 2.24) is 21.3 Å². The highest BCUT2D eigenvalue weighted by Gasteiger charge is 2.02. The van der Waals surface area contributed by atoms with Gasteiger partial charge in [0.25, 0.3) is 0 Å². The topological polar surface area (TPSA) is 74.4 Å².